The Morgan fingerprint density at radius 2 is 1.80 bits per heavy atom. The fraction of sp³-hybridized carbons (Fsp3) is 0.500. The summed E-state index contributed by atoms with van der Waals surface area (Å²) >= 11 is 5.67. The molecule has 2 bridgehead atoms. The van der Waals surface area contributed by atoms with Crippen molar-refractivity contribution >= 4 is 22.6 Å². The van der Waals surface area contributed by atoms with Crippen LogP contribution in [0.2, 0.25) is 0 Å². The summed E-state index contributed by atoms with van der Waals surface area (Å²) in [6.07, 6.45) is 3.32. The molecule has 3 nitrogen and oxygen atoms in total. The van der Waals surface area contributed by atoms with Gasteiger partial charge in [0.05, 0.1) is 0 Å². The zero-order valence-corrected chi connectivity index (χ0v) is 12.1. The highest BCUT2D eigenvalue weighted by molar-refractivity contribution is 6.66. The number of nitrogens with one attached hydrogen (secondary N) is 1. The minimum absolute atomic E-state index is 0.0237. The van der Waals surface area contributed by atoms with Gasteiger partial charge in [0.25, 0.3) is 0 Å². The number of ketones is 1. The van der Waals surface area contributed by atoms with Crippen molar-refractivity contribution in [1.29, 1.82) is 0 Å². The summed E-state index contributed by atoms with van der Waals surface area (Å²) in [5.74, 6) is 0.0237. The molecule has 3 aliphatic carbocycles. The lowest BCUT2D eigenvalue weighted by atomic mass is 9.57. The number of Topliss-reactive ketones (excluding diaryl/α,β-unsaturated/α-hetero) is 1. The first-order valence-corrected chi connectivity index (χ1v) is 7.46. The minimum atomic E-state index is -0.877. The van der Waals surface area contributed by atoms with Crippen LogP contribution in [0.3, 0.4) is 0 Å². The summed E-state index contributed by atoms with van der Waals surface area (Å²) < 4.78 is 0. The van der Waals surface area contributed by atoms with Crippen LogP contribution in [-0.4, -0.2) is 16.6 Å². The molecule has 3 aliphatic rings. The summed E-state index contributed by atoms with van der Waals surface area (Å²) in [6.45, 7) is 0.760. The van der Waals surface area contributed by atoms with Crippen molar-refractivity contribution in [2.24, 2.45) is 5.41 Å². The molecule has 4 rings (SSSR count). The van der Waals surface area contributed by atoms with E-state index in [9.17, 15) is 9.59 Å². The molecular formula is C16H18ClNO2. The molecule has 3 fully saturated rings. The van der Waals surface area contributed by atoms with E-state index in [1.54, 1.807) is 0 Å². The van der Waals surface area contributed by atoms with Gasteiger partial charge in [0, 0.05) is 18.5 Å². The van der Waals surface area contributed by atoms with E-state index in [1.165, 1.54) is 5.56 Å². The van der Waals surface area contributed by atoms with E-state index in [2.05, 4.69) is 17.4 Å². The van der Waals surface area contributed by atoms with Crippen molar-refractivity contribution in [3.05, 3.63) is 35.9 Å². The van der Waals surface area contributed by atoms with Gasteiger partial charge in [-0.3, -0.25) is 9.59 Å². The maximum atomic E-state index is 12.3. The normalized spacial score (nSPS) is 32.4. The molecular weight excluding hydrogens is 274 g/mol. The van der Waals surface area contributed by atoms with Gasteiger partial charge in [-0.1, -0.05) is 30.3 Å². The molecule has 20 heavy (non-hydrogen) atoms. The predicted octanol–water partition coefficient (Wildman–Crippen LogP) is 2.81. The van der Waals surface area contributed by atoms with Crippen LogP contribution in [0.4, 0.5) is 0 Å². The Hall–Kier alpha value is -1.19. The Morgan fingerprint density at radius 3 is 2.35 bits per heavy atom. The van der Waals surface area contributed by atoms with Gasteiger partial charge in [-0.15, -0.1) is 0 Å². The summed E-state index contributed by atoms with van der Waals surface area (Å²) in [5, 5.41) is 3.09. The summed E-state index contributed by atoms with van der Waals surface area (Å²) in [6, 6.07) is 10.2. The number of benzene rings is 1. The van der Waals surface area contributed by atoms with Crippen LogP contribution in [0.25, 0.3) is 0 Å². The first kappa shape index (κ1) is 13.8. The summed E-state index contributed by atoms with van der Waals surface area (Å²) in [7, 11) is 0. The fourth-order valence-electron chi connectivity index (χ4n) is 3.52. The van der Waals surface area contributed by atoms with E-state index in [1.807, 2.05) is 18.2 Å². The molecule has 3 saturated carbocycles. The third kappa shape index (κ3) is 2.19. The molecule has 0 radical (unpaired) electrons. The molecule has 0 unspecified atom stereocenters. The van der Waals surface area contributed by atoms with Gasteiger partial charge < -0.3 is 5.32 Å². The number of rotatable bonds is 4. The van der Waals surface area contributed by atoms with Gasteiger partial charge in [-0.05, 0) is 42.8 Å². The lowest BCUT2D eigenvalue weighted by Gasteiger charge is -2.50. The van der Waals surface area contributed by atoms with Gasteiger partial charge in [0.1, 0.15) is 11.2 Å². The van der Waals surface area contributed by atoms with Gasteiger partial charge in [-0.2, -0.15) is 0 Å². The summed E-state index contributed by atoms with van der Waals surface area (Å²) in [5.41, 5.74) is 0.198. The zero-order chi connectivity index (χ0) is 14.2. The Kier molecular flexibility index (Phi) is 3.43. The average Bonchev–Trinajstić information content (AvgIpc) is 2.47. The van der Waals surface area contributed by atoms with Gasteiger partial charge in [0.2, 0.25) is 5.24 Å². The first-order chi connectivity index (χ1) is 9.56. The number of hydrogen-bond donors (Lipinski definition) is 1. The SMILES string of the molecule is O=C(Cl)C12CCC(NCc3ccccc3)(CC1)CC2=O. The Labute approximate surface area is 123 Å². The van der Waals surface area contributed by atoms with Crippen molar-refractivity contribution in [2.45, 2.75) is 44.2 Å². The molecule has 1 aromatic rings. The lowest BCUT2D eigenvalue weighted by Crippen LogP contribution is -2.60. The molecule has 1 aromatic carbocycles. The number of hydrogen-bond acceptors (Lipinski definition) is 3. The van der Waals surface area contributed by atoms with Crippen molar-refractivity contribution in [3.8, 4) is 0 Å². The molecule has 0 atom stereocenters. The topological polar surface area (TPSA) is 46.2 Å². The van der Waals surface area contributed by atoms with Gasteiger partial charge >= 0.3 is 0 Å². The first-order valence-electron chi connectivity index (χ1n) is 7.09. The predicted molar refractivity (Wildman–Crippen MR) is 77.4 cm³/mol. The van der Waals surface area contributed by atoms with E-state index in [-0.39, 0.29) is 11.3 Å². The molecule has 0 amide bonds. The smallest absolute Gasteiger partial charge is 0.235 e. The Morgan fingerprint density at radius 1 is 1.15 bits per heavy atom. The molecule has 0 aliphatic heterocycles. The van der Waals surface area contributed by atoms with Crippen molar-refractivity contribution in [3.63, 3.8) is 0 Å². The third-order valence-electron chi connectivity index (χ3n) is 4.98. The highest BCUT2D eigenvalue weighted by Crippen LogP contribution is 2.51. The van der Waals surface area contributed by atoms with Crippen LogP contribution in [0.1, 0.15) is 37.7 Å². The van der Waals surface area contributed by atoms with E-state index < -0.39 is 10.7 Å². The summed E-state index contributed by atoms with van der Waals surface area (Å²) in [4.78, 5) is 23.9. The van der Waals surface area contributed by atoms with Crippen LogP contribution >= 0.6 is 11.6 Å². The third-order valence-corrected chi connectivity index (χ3v) is 5.34. The maximum Gasteiger partial charge on any atom is 0.235 e. The van der Waals surface area contributed by atoms with Gasteiger partial charge in [-0.25, -0.2) is 0 Å². The number of carbonyl (C=O) groups excluding carboxylic acids is 2. The van der Waals surface area contributed by atoms with Crippen molar-refractivity contribution in [1.82, 2.24) is 5.32 Å². The van der Waals surface area contributed by atoms with Gasteiger partial charge in [0.15, 0.2) is 0 Å². The van der Waals surface area contributed by atoms with E-state index in [0.29, 0.717) is 19.3 Å². The van der Waals surface area contributed by atoms with E-state index in [0.717, 1.165) is 19.4 Å². The van der Waals surface area contributed by atoms with Crippen LogP contribution in [-0.2, 0) is 16.1 Å². The molecule has 106 valence electrons. The number of fused-ring (bicyclic) bond motifs is 3. The van der Waals surface area contributed by atoms with Crippen LogP contribution in [0, 0.1) is 5.41 Å². The average molecular weight is 292 g/mol. The van der Waals surface area contributed by atoms with Crippen LogP contribution in [0.15, 0.2) is 30.3 Å². The lowest BCUT2D eigenvalue weighted by molar-refractivity contribution is -0.147. The monoisotopic (exact) mass is 291 g/mol. The standard InChI is InChI=1S/C16H18ClNO2/c17-14(20)16-8-6-15(7-9-16,10-13(16)19)18-11-12-4-2-1-3-5-12/h1-5,18H,6-11H2. The highest BCUT2D eigenvalue weighted by Gasteiger charge is 2.57. The highest BCUT2D eigenvalue weighted by atomic mass is 35.5. The number of carbonyl (C=O) groups is 2. The molecule has 0 heterocycles. The fourth-order valence-corrected chi connectivity index (χ4v) is 3.81. The largest absolute Gasteiger partial charge is 0.307 e. The second kappa shape index (κ2) is 4.97. The Balaban J connectivity index is 1.71. The van der Waals surface area contributed by atoms with E-state index >= 15 is 0 Å². The van der Waals surface area contributed by atoms with Crippen molar-refractivity contribution in [2.75, 3.05) is 0 Å². The van der Waals surface area contributed by atoms with E-state index in [4.69, 9.17) is 11.6 Å². The number of halogens is 1. The molecule has 1 N–H and O–H groups in total. The second-order valence-electron chi connectivity index (χ2n) is 6.08. The zero-order valence-electron chi connectivity index (χ0n) is 11.3. The quantitative estimate of drug-likeness (QED) is 0.685. The van der Waals surface area contributed by atoms with Crippen LogP contribution in [0.5, 0.6) is 0 Å². The minimum Gasteiger partial charge on any atom is -0.307 e. The molecule has 0 saturated heterocycles. The van der Waals surface area contributed by atoms with Crippen LogP contribution < -0.4 is 5.32 Å². The van der Waals surface area contributed by atoms with Crippen molar-refractivity contribution < 1.29 is 9.59 Å². The molecule has 4 heteroatoms. The molecule has 0 aromatic heterocycles. The molecule has 0 spiro atoms. The Bertz CT molecular complexity index is 533. The maximum absolute atomic E-state index is 12.3. The second-order valence-corrected chi connectivity index (χ2v) is 6.42.